The van der Waals surface area contributed by atoms with Crippen molar-refractivity contribution in [2.24, 2.45) is 23.7 Å². The number of rotatable bonds is 8. The summed E-state index contributed by atoms with van der Waals surface area (Å²) in [5.74, 6) is -4.39. The lowest BCUT2D eigenvalue weighted by molar-refractivity contribution is -0.384. The number of nitro groups is 1. The van der Waals surface area contributed by atoms with Gasteiger partial charge in [-0.2, -0.15) is 5.01 Å². The molecule has 6 rings (SSSR count). The molecule has 0 unspecified atom stereocenters. The van der Waals surface area contributed by atoms with E-state index >= 15 is 0 Å². The van der Waals surface area contributed by atoms with Gasteiger partial charge in [0.05, 0.1) is 32.9 Å². The largest absolute Gasteiger partial charge is 0.423 e. The van der Waals surface area contributed by atoms with Gasteiger partial charge < -0.3 is 4.74 Å². The van der Waals surface area contributed by atoms with E-state index in [4.69, 9.17) is 16.3 Å². The number of Topliss-reactive ketones (excluding diaryl/α,β-unsaturated/α-hetero) is 1. The van der Waals surface area contributed by atoms with Gasteiger partial charge in [-0.15, -0.1) is 0 Å². The second kappa shape index (κ2) is 10.9. The van der Waals surface area contributed by atoms with E-state index in [0.717, 1.165) is 10.0 Å². The number of benzene rings is 3. The summed E-state index contributed by atoms with van der Waals surface area (Å²) in [6.45, 7) is -0.619. The maximum absolute atomic E-state index is 13.7. The average molecular weight is 600 g/mol. The van der Waals surface area contributed by atoms with Gasteiger partial charge in [-0.05, 0) is 66.8 Å². The standard InChI is InChI=1S/C31H22ClN3O8/c32-24-4-2-1-3-23(24)28(37)33(34-29(38)26-19-5-6-20(15-19)27(26)30(34)39)16-25(36)17-9-13-22(14-10-17)43-31(40)18-7-11-21(12-8-18)35(41)42/h1-14,19-20,26-27H,15-16H2/t19-,20-,26+,27+/m0/s1. The van der Waals surface area contributed by atoms with Crippen molar-refractivity contribution in [3.63, 3.8) is 0 Å². The van der Waals surface area contributed by atoms with Crippen LogP contribution in [0.3, 0.4) is 0 Å². The van der Waals surface area contributed by atoms with Gasteiger partial charge in [0.15, 0.2) is 5.78 Å². The third-order valence-electron chi connectivity index (χ3n) is 8.02. The number of fused-ring (bicyclic) bond motifs is 5. The maximum Gasteiger partial charge on any atom is 0.343 e. The Bertz CT molecular complexity index is 1690. The van der Waals surface area contributed by atoms with Crippen LogP contribution in [0.2, 0.25) is 5.02 Å². The van der Waals surface area contributed by atoms with Crippen LogP contribution in [-0.4, -0.2) is 51.0 Å². The number of esters is 1. The normalized spacial score (nSPS) is 21.6. The van der Waals surface area contributed by atoms with Gasteiger partial charge in [-0.3, -0.25) is 29.3 Å². The predicted molar refractivity (Wildman–Crippen MR) is 151 cm³/mol. The number of amides is 3. The molecular formula is C31H22ClN3O8. The first kappa shape index (κ1) is 28.0. The Balaban J connectivity index is 1.22. The van der Waals surface area contributed by atoms with Crippen molar-refractivity contribution in [2.45, 2.75) is 6.42 Å². The fourth-order valence-corrected chi connectivity index (χ4v) is 6.17. The average Bonchev–Trinajstić information content (AvgIpc) is 3.70. The summed E-state index contributed by atoms with van der Waals surface area (Å²) in [5, 5.41) is 12.6. The SMILES string of the molecule is O=C(CN(C(=O)c1ccccc1Cl)N1C(=O)[C@H]2[C@H](C1=O)[C@H]1C=C[C@H]2C1)c1ccc(OC(=O)c2ccc([N+](=O)[O-])cc2)cc1. The van der Waals surface area contributed by atoms with Gasteiger partial charge in [0.25, 0.3) is 23.4 Å². The minimum Gasteiger partial charge on any atom is -0.423 e. The molecular weight excluding hydrogens is 578 g/mol. The molecule has 2 aliphatic carbocycles. The monoisotopic (exact) mass is 599 g/mol. The molecule has 1 heterocycles. The Morgan fingerprint density at radius 3 is 2.05 bits per heavy atom. The second-order valence-electron chi connectivity index (χ2n) is 10.5. The zero-order valence-corrected chi connectivity index (χ0v) is 23.0. The fourth-order valence-electron chi connectivity index (χ4n) is 5.95. The number of ketones is 1. The highest BCUT2D eigenvalue weighted by Crippen LogP contribution is 2.52. The van der Waals surface area contributed by atoms with Crippen LogP contribution in [0.15, 0.2) is 84.9 Å². The zero-order valence-electron chi connectivity index (χ0n) is 22.3. The Morgan fingerprint density at radius 1 is 0.884 bits per heavy atom. The summed E-state index contributed by atoms with van der Waals surface area (Å²) in [4.78, 5) is 76.9. The minimum atomic E-state index is -0.769. The Morgan fingerprint density at radius 2 is 1.47 bits per heavy atom. The third kappa shape index (κ3) is 4.97. The number of hydrogen-bond donors (Lipinski definition) is 0. The maximum atomic E-state index is 13.7. The van der Waals surface area contributed by atoms with E-state index < -0.39 is 52.8 Å². The van der Waals surface area contributed by atoms with Crippen molar-refractivity contribution in [3.05, 3.63) is 117 Å². The number of halogens is 1. The van der Waals surface area contributed by atoms with Crippen molar-refractivity contribution in [1.82, 2.24) is 10.0 Å². The Kier molecular flexibility index (Phi) is 7.10. The summed E-state index contributed by atoms with van der Waals surface area (Å²) in [5.41, 5.74) is 0.0798. The molecule has 2 fully saturated rings. The molecule has 12 heteroatoms. The molecule has 216 valence electrons. The molecule has 3 aliphatic rings. The van der Waals surface area contributed by atoms with Crippen LogP contribution >= 0.6 is 11.6 Å². The van der Waals surface area contributed by atoms with Gasteiger partial charge in [0.1, 0.15) is 12.3 Å². The molecule has 1 saturated carbocycles. The van der Waals surface area contributed by atoms with Crippen LogP contribution in [0.5, 0.6) is 5.75 Å². The third-order valence-corrected chi connectivity index (χ3v) is 8.35. The zero-order chi connectivity index (χ0) is 30.4. The molecule has 0 N–H and O–H groups in total. The molecule has 43 heavy (non-hydrogen) atoms. The lowest BCUT2D eigenvalue weighted by Crippen LogP contribution is -2.52. The number of non-ortho nitro benzene ring substituents is 1. The first-order valence-electron chi connectivity index (χ1n) is 13.4. The molecule has 3 amide bonds. The van der Waals surface area contributed by atoms with E-state index in [0.29, 0.717) is 6.42 Å². The van der Waals surface area contributed by atoms with E-state index in [-0.39, 0.29) is 45.0 Å². The van der Waals surface area contributed by atoms with Gasteiger partial charge in [0.2, 0.25) is 0 Å². The first-order valence-corrected chi connectivity index (χ1v) is 13.7. The van der Waals surface area contributed by atoms with Crippen molar-refractivity contribution in [2.75, 3.05) is 6.54 Å². The number of nitro benzene ring substituents is 1. The molecule has 4 atom stereocenters. The number of allylic oxidation sites excluding steroid dienone is 2. The van der Waals surface area contributed by atoms with Crippen LogP contribution in [0.25, 0.3) is 0 Å². The number of carbonyl (C=O) groups excluding carboxylic acids is 5. The number of carbonyl (C=O) groups is 5. The number of hydrazine groups is 1. The molecule has 0 spiro atoms. The smallest absolute Gasteiger partial charge is 0.343 e. The first-order chi connectivity index (χ1) is 20.6. The molecule has 11 nitrogen and oxygen atoms in total. The van der Waals surface area contributed by atoms with E-state index in [1.54, 1.807) is 12.1 Å². The summed E-state index contributed by atoms with van der Waals surface area (Å²) >= 11 is 6.27. The topological polar surface area (TPSA) is 144 Å². The van der Waals surface area contributed by atoms with Crippen LogP contribution in [0, 0.1) is 33.8 Å². The van der Waals surface area contributed by atoms with E-state index in [1.807, 2.05) is 12.2 Å². The fraction of sp³-hybridized carbons (Fsp3) is 0.194. The Labute approximate surface area is 249 Å². The number of nitrogens with zero attached hydrogens (tertiary/aromatic N) is 3. The summed E-state index contributed by atoms with van der Waals surface area (Å²) in [6.07, 6.45) is 4.57. The second-order valence-corrected chi connectivity index (χ2v) is 10.9. The molecule has 3 aromatic carbocycles. The lowest BCUT2D eigenvalue weighted by atomic mass is 9.85. The molecule has 3 aromatic rings. The van der Waals surface area contributed by atoms with Crippen molar-refractivity contribution < 1.29 is 33.6 Å². The van der Waals surface area contributed by atoms with Crippen LogP contribution in [0.4, 0.5) is 5.69 Å². The predicted octanol–water partition coefficient (Wildman–Crippen LogP) is 4.51. The summed E-state index contributed by atoms with van der Waals surface area (Å²) in [6, 6.07) is 16.6. The number of ether oxygens (including phenoxy) is 1. The lowest BCUT2D eigenvalue weighted by Gasteiger charge is -2.31. The molecule has 0 aromatic heterocycles. The van der Waals surface area contributed by atoms with E-state index in [9.17, 15) is 34.1 Å². The van der Waals surface area contributed by atoms with E-state index in [2.05, 4.69) is 0 Å². The molecule has 2 bridgehead atoms. The number of imide groups is 1. The highest BCUT2D eigenvalue weighted by atomic mass is 35.5. The highest BCUT2D eigenvalue weighted by Gasteiger charge is 2.61. The molecule has 0 radical (unpaired) electrons. The quantitative estimate of drug-likeness (QED) is 0.0699. The van der Waals surface area contributed by atoms with Gasteiger partial charge >= 0.3 is 5.97 Å². The van der Waals surface area contributed by atoms with Gasteiger partial charge in [-0.25, -0.2) is 9.80 Å². The van der Waals surface area contributed by atoms with Crippen LogP contribution in [-0.2, 0) is 9.59 Å². The molecule has 1 saturated heterocycles. The number of hydrogen-bond acceptors (Lipinski definition) is 8. The van der Waals surface area contributed by atoms with Crippen LogP contribution in [0.1, 0.15) is 37.5 Å². The summed E-state index contributed by atoms with van der Waals surface area (Å²) in [7, 11) is 0. The Hall–Kier alpha value is -5.16. The minimum absolute atomic E-state index is 0.0317. The van der Waals surface area contributed by atoms with Crippen molar-refractivity contribution in [1.29, 1.82) is 0 Å². The van der Waals surface area contributed by atoms with E-state index in [1.165, 1.54) is 60.7 Å². The van der Waals surface area contributed by atoms with Crippen LogP contribution < -0.4 is 4.74 Å². The van der Waals surface area contributed by atoms with Crippen molar-refractivity contribution >= 4 is 46.8 Å². The van der Waals surface area contributed by atoms with Gasteiger partial charge in [-0.1, -0.05) is 35.9 Å². The highest BCUT2D eigenvalue weighted by molar-refractivity contribution is 6.34. The van der Waals surface area contributed by atoms with Crippen molar-refractivity contribution in [3.8, 4) is 5.75 Å². The summed E-state index contributed by atoms with van der Waals surface area (Å²) < 4.78 is 5.30. The van der Waals surface area contributed by atoms with Gasteiger partial charge in [0, 0.05) is 17.7 Å². The molecule has 1 aliphatic heterocycles.